The van der Waals surface area contributed by atoms with Crippen molar-refractivity contribution in [2.24, 2.45) is 0 Å². The molecule has 1 amide bonds. The van der Waals surface area contributed by atoms with Gasteiger partial charge in [-0.05, 0) is 42.5 Å². The van der Waals surface area contributed by atoms with Crippen molar-refractivity contribution < 1.29 is 22.0 Å². The van der Waals surface area contributed by atoms with Gasteiger partial charge in [0.05, 0.1) is 11.4 Å². The summed E-state index contributed by atoms with van der Waals surface area (Å²) in [6.07, 6.45) is -2.41. The molecule has 6 nitrogen and oxygen atoms in total. The third-order valence-electron chi connectivity index (χ3n) is 4.54. The number of nitrogens with zero attached hydrogens (tertiary/aromatic N) is 2. The number of rotatable bonds is 6. The Hall–Kier alpha value is -2.04. The van der Waals surface area contributed by atoms with Crippen molar-refractivity contribution in [2.75, 3.05) is 37.4 Å². The van der Waals surface area contributed by atoms with Crippen LogP contribution in [0.1, 0.15) is 10.4 Å². The molecule has 1 aliphatic heterocycles. The molecule has 0 bridgehead atoms. The first-order valence-corrected chi connectivity index (χ1v) is 11.2. The van der Waals surface area contributed by atoms with Gasteiger partial charge in [-0.25, -0.2) is 17.2 Å². The predicted molar refractivity (Wildman–Crippen MR) is 110 cm³/mol. The van der Waals surface area contributed by atoms with Crippen LogP contribution in [-0.2, 0) is 10.0 Å². The molecule has 0 unspecified atom stereocenters. The molecule has 0 aromatic heterocycles. The van der Waals surface area contributed by atoms with E-state index in [1.807, 2.05) is 0 Å². The molecular formula is C19H20BrF2N3O3S. The van der Waals surface area contributed by atoms with Gasteiger partial charge in [-0.15, -0.1) is 0 Å². The number of amides is 1. The molecule has 1 fully saturated rings. The van der Waals surface area contributed by atoms with Gasteiger partial charge >= 0.3 is 0 Å². The van der Waals surface area contributed by atoms with Gasteiger partial charge in [0, 0.05) is 41.9 Å². The van der Waals surface area contributed by atoms with Crippen LogP contribution in [0.25, 0.3) is 0 Å². The number of hydrogen-bond donors (Lipinski definition) is 1. The second-order valence-corrected chi connectivity index (χ2v) is 9.22. The highest BCUT2D eigenvalue weighted by Gasteiger charge is 2.25. The first kappa shape index (κ1) is 21.7. The van der Waals surface area contributed by atoms with Crippen LogP contribution >= 0.6 is 15.9 Å². The summed E-state index contributed by atoms with van der Waals surface area (Å²) in [6.45, 7) is 1.05. The SMILES string of the molecule is O=C(c1cccc(S(=O)(=O)Nc2ccc(Br)cc2)c1)N1CCN(CC(F)F)CC1. The van der Waals surface area contributed by atoms with Crippen LogP contribution in [0, 0.1) is 0 Å². The summed E-state index contributed by atoms with van der Waals surface area (Å²) < 4.78 is 53.6. The fourth-order valence-corrected chi connectivity index (χ4v) is 4.41. The molecule has 1 N–H and O–H groups in total. The number of alkyl halides is 2. The zero-order chi connectivity index (χ0) is 21.0. The molecule has 1 heterocycles. The number of carbonyl (C=O) groups is 1. The Morgan fingerprint density at radius 3 is 2.34 bits per heavy atom. The smallest absolute Gasteiger partial charge is 0.261 e. The molecule has 2 aromatic carbocycles. The molecule has 156 valence electrons. The summed E-state index contributed by atoms with van der Waals surface area (Å²) in [4.78, 5) is 15.9. The Morgan fingerprint density at radius 2 is 1.72 bits per heavy atom. The van der Waals surface area contributed by atoms with E-state index in [9.17, 15) is 22.0 Å². The van der Waals surface area contributed by atoms with E-state index in [1.54, 1.807) is 40.1 Å². The van der Waals surface area contributed by atoms with E-state index in [1.165, 1.54) is 18.2 Å². The largest absolute Gasteiger partial charge is 0.336 e. The van der Waals surface area contributed by atoms with E-state index in [0.29, 0.717) is 31.9 Å². The van der Waals surface area contributed by atoms with E-state index in [2.05, 4.69) is 20.7 Å². The van der Waals surface area contributed by atoms with Gasteiger partial charge in [0.1, 0.15) is 0 Å². The van der Waals surface area contributed by atoms with Gasteiger partial charge in [-0.3, -0.25) is 14.4 Å². The van der Waals surface area contributed by atoms with Crippen LogP contribution in [-0.4, -0.2) is 63.3 Å². The monoisotopic (exact) mass is 487 g/mol. The lowest BCUT2D eigenvalue weighted by Crippen LogP contribution is -2.49. The predicted octanol–water partition coefficient (Wildman–Crippen LogP) is 3.27. The van der Waals surface area contributed by atoms with Gasteiger partial charge < -0.3 is 4.90 Å². The molecule has 2 aromatic rings. The normalized spacial score (nSPS) is 15.5. The van der Waals surface area contributed by atoms with Gasteiger partial charge in [0.2, 0.25) is 0 Å². The molecule has 0 saturated carbocycles. The Kier molecular flexibility index (Phi) is 6.86. The van der Waals surface area contributed by atoms with Crippen molar-refractivity contribution in [3.63, 3.8) is 0 Å². The molecule has 0 aliphatic carbocycles. The van der Waals surface area contributed by atoms with Gasteiger partial charge in [-0.2, -0.15) is 0 Å². The Labute approximate surface area is 176 Å². The highest BCUT2D eigenvalue weighted by atomic mass is 79.9. The van der Waals surface area contributed by atoms with Crippen LogP contribution < -0.4 is 4.72 Å². The van der Waals surface area contributed by atoms with Gasteiger partial charge in [0.15, 0.2) is 0 Å². The first-order chi connectivity index (χ1) is 13.7. The number of nitrogens with one attached hydrogen (secondary N) is 1. The fraction of sp³-hybridized carbons (Fsp3) is 0.316. The minimum absolute atomic E-state index is 0.0254. The second-order valence-electron chi connectivity index (χ2n) is 6.62. The average Bonchev–Trinajstić information content (AvgIpc) is 2.69. The van der Waals surface area contributed by atoms with Crippen molar-refractivity contribution in [3.8, 4) is 0 Å². The van der Waals surface area contributed by atoms with Crippen molar-refractivity contribution in [1.82, 2.24) is 9.80 Å². The van der Waals surface area contributed by atoms with Crippen LogP contribution in [0.15, 0.2) is 57.9 Å². The number of piperazine rings is 1. The number of carbonyl (C=O) groups excluding carboxylic acids is 1. The molecule has 1 saturated heterocycles. The lowest BCUT2D eigenvalue weighted by molar-refractivity contribution is 0.0459. The minimum atomic E-state index is -3.86. The molecule has 10 heteroatoms. The van der Waals surface area contributed by atoms with Crippen molar-refractivity contribution in [2.45, 2.75) is 11.3 Å². The zero-order valence-corrected chi connectivity index (χ0v) is 17.8. The fourth-order valence-electron chi connectivity index (χ4n) is 3.04. The third kappa shape index (κ3) is 5.74. The molecule has 29 heavy (non-hydrogen) atoms. The summed E-state index contributed by atoms with van der Waals surface area (Å²) in [5.74, 6) is -0.317. The molecular weight excluding hydrogens is 468 g/mol. The Balaban J connectivity index is 1.70. The summed E-state index contributed by atoms with van der Waals surface area (Å²) in [5.41, 5.74) is 0.645. The van der Waals surface area contributed by atoms with E-state index < -0.39 is 16.4 Å². The molecule has 0 radical (unpaired) electrons. The molecule has 0 spiro atoms. The van der Waals surface area contributed by atoms with Gasteiger partial charge in [0.25, 0.3) is 22.4 Å². The van der Waals surface area contributed by atoms with Crippen molar-refractivity contribution in [3.05, 3.63) is 58.6 Å². The maximum Gasteiger partial charge on any atom is 0.261 e. The summed E-state index contributed by atoms with van der Waals surface area (Å²) in [5, 5.41) is 0. The summed E-state index contributed by atoms with van der Waals surface area (Å²) in [6, 6.07) is 12.5. The number of sulfonamides is 1. The van der Waals surface area contributed by atoms with Gasteiger partial charge in [-0.1, -0.05) is 22.0 Å². The Bertz CT molecular complexity index is 963. The van der Waals surface area contributed by atoms with Crippen molar-refractivity contribution >= 4 is 37.5 Å². The summed E-state index contributed by atoms with van der Waals surface area (Å²) >= 11 is 3.29. The van der Waals surface area contributed by atoms with E-state index in [4.69, 9.17) is 0 Å². The third-order valence-corrected chi connectivity index (χ3v) is 6.45. The van der Waals surface area contributed by atoms with E-state index in [-0.39, 0.29) is 22.9 Å². The average molecular weight is 488 g/mol. The lowest BCUT2D eigenvalue weighted by Gasteiger charge is -2.34. The maximum absolute atomic E-state index is 12.7. The topological polar surface area (TPSA) is 69.7 Å². The lowest BCUT2D eigenvalue weighted by atomic mass is 10.2. The van der Waals surface area contributed by atoms with E-state index >= 15 is 0 Å². The summed E-state index contributed by atoms with van der Waals surface area (Å²) in [7, 11) is -3.86. The van der Waals surface area contributed by atoms with Crippen LogP contribution in [0.2, 0.25) is 0 Å². The first-order valence-electron chi connectivity index (χ1n) is 8.93. The molecule has 3 rings (SSSR count). The van der Waals surface area contributed by atoms with Crippen molar-refractivity contribution in [1.29, 1.82) is 0 Å². The highest BCUT2D eigenvalue weighted by Crippen LogP contribution is 2.20. The highest BCUT2D eigenvalue weighted by molar-refractivity contribution is 9.10. The van der Waals surface area contributed by atoms with E-state index in [0.717, 1.165) is 4.47 Å². The number of hydrogen-bond acceptors (Lipinski definition) is 4. The number of anilines is 1. The zero-order valence-electron chi connectivity index (χ0n) is 15.4. The molecule has 0 atom stereocenters. The number of benzene rings is 2. The number of halogens is 3. The van der Waals surface area contributed by atoms with Crippen LogP contribution in [0.3, 0.4) is 0 Å². The van der Waals surface area contributed by atoms with Crippen LogP contribution in [0.5, 0.6) is 0 Å². The molecule has 1 aliphatic rings. The van der Waals surface area contributed by atoms with Crippen LogP contribution in [0.4, 0.5) is 14.5 Å². The Morgan fingerprint density at radius 1 is 1.07 bits per heavy atom. The maximum atomic E-state index is 12.7. The second kappa shape index (κ2) is 9.19. The standard InChI is InChI=1S/C19H20BrF2N3O3S/c20-15-4-6-16(7-5-15)23-29(27,28)17-3-1-2-14(12-17)19(26)25-10-8-24(9-11-25)13-18(21)22/h1-7,12,18,23H,8-11,13H2. The minimum Gasteiger partial charge on any atom is -0.336 e. The quantitative estimate of drug-likeness (QED) is 0.678.